The van der Waals surface area contributed by atoms with Crippen LogP contribution in [0.5, 0.6) is 0 Å². The second-order valence-electron chi connectivity index (χ2n) is 22.7. The molecule has 0 amide bonds. The second kappa shape index (κ2) is 26.3. The fourth-order valence-corrected chi connectivity index (χ4v) is 13.4. The minimum absolute atomic E-state index is 0.142. The van der Waals surface area contributed by atoms with E-state index in [4.69, 9.17) is 14.2 Å². The van der Waals surface area contributed by atoms with Gasteiger partial charge in [0.1, 0.15) is 31.0 Å². The average Bonchev–Trinajstić information content (AvgIpc) is 3.63. The monoisotopic (exact) mass is 883 g/mol. The number of allylic oxidation sites excluding steroid dienone is 3. The summed E-state index contributed by atoms with van der Waals surface area (Å²) in [6.07, 6.45) is 34.5. The van der Waals surface area contributed by atoms with E-state index < -0.39 is 30.7 Å². The molecule has 5 rings (SSSR count). The number of carbonyl (C=O) groups excluding carboxylic acids is 1. The summed E-state index contributed by atoms with van der Waals surface area (Å²) in [5, 5.41) is 32.6. The lowest BCUT2D eigenvalue weighted by molar-refractivity contribution is -0.313. The number of ether oxygens (including phenoxy) is 3. The van der Waals surface area contributed by atoms with Crippen LogP contribution in [0.4, 0.5) is 0 Å². The Morgan fingerprint density at radius 1 is 0.762 bits per heavy atom. The summed E-state index contributed by atoms with van der Waals surface area (Å²) in [5.74, 6) is 5.16. The molecule has 14 atom stereocenters. The van der Waals surface area contributed by atoms with Crippen LogP contribution in [0.15, 0.2) is 23.8 Å². The molecule has 63 heavy (non-hydrogen) atoms. The van der Waals surface area contributed by atoms with Gasteiger partial charge in [-0.2, -0.15) is 0 Å². The maximum atomic E-state index is 12.7. The predicted molar refractivity (Wildman–Crippen MR) is 258 cm³/mol. The second-order valence-corrected chi connectivity index (χ2v) is 22.7. The van der Waals surface area contributed by atoms with E-state index in [9.17, 15) is 20.1 Å². The van der Waals surface area contributed by atoms with Crippen LogP contribution in [0.3, 0.4) is 0 Å². The number of aliphatic hydroxyl groups excluding tert-OH is 3. The molecule has 4 fully saturated rings. The molecule has 3 saturated carbocycles. The Labute approximate surface area is 386 Å². The van der Waals surface area contributed by atoms with Gasteiger partial charge in [-0.3, -0.25) is 4.79 Å². The van der Waals surface area contributed by atoms with Crippen LogP contribution < -0.4 is 0 Å². The average molecular weight is 883 g/mol. The molecule has 1 aliphatic heterocycles. The van der Waals surface area contributed by atoms with Crippen molar-refractivity contribution in [3.05, 3.63) is 23.8 Å². The number of unbranched alkanes of at least 4 members (excludes halogenated alkanes) is 15. The Bertz CT molecular complexity index is 1380. The Kier molecular flexibility index (Phi) is 22.0. The van der Waals surface area contributed by atoms with Gasteiger partial charge in [0.2, 0.25) is 0 Å². The van der Waals surface area contributed by atoms with E-state index in [0.29, 0.717) is 17.8 Å². The summed E-state index contributed by atoms with van der Waals surface area (Å²) in [6.45, 7) is 17.0. The van der Waals surface area contributed by atoms with Crippen molar-refractivity contribution in [3.63, 3.8) is 0 Å². The van der Waals surface area contributed by atoms with Gasteiger partial charge in [-0.1, -0.05) is 162 Å². The molecule has 1 saturated heterocycles. The fourth-order valence-electron chi connectivity index (χ4n) is 13.4. The van der Waals surface area contributed by atoms with Gasteiger partial charge in [0, 0.05) is 6.42 Å². The summed E-state index contributed by atoms with van der Waals surface area (Å²) in [5.41, 5.74) is 2.12. The first-order valence-corrected chi connectivity index (χ1v) is 27.1. The zero-order chi connectivity index (χ0) is 45.4. The van der Waals surface area contributed by atoms with Gasteiger partial charge in [-0.15, -0.1) is 0 Å². The molecule has 0 spiro atoms. The molecular weight excluding hydrogens is 785 g/mol. The first kappa shape index (κ1) is 52.7. The maximum Gasteiger partial charge on any atom is 0.305 e. The molecule has 7 nitrogen and oxygen atoms in total. The summed E-state index contributed by atoms with van der Waals surface area (Å²) in [7, 11) is 0. The largest absolute Gasteiger partial charge is 0.463 e. The summed E-state index contributed by atoms with van der Waals surface area (Å²) >= 11 is 0. The molecule has 1 heterocycles. The SMILES string of the molecule is CCCCCCCC/C=C\CCCCCCCCCCCC(=O)OCC1OC(OC2CCC3(C)C(=CCC4C3CCC3(C)C(C(C)CCC(C)C(C)C)CCC43)C2)C(O)C(O)C1O. The first-order chi connectivity index (χ1) is 30.3. The van der Waals surface area contributed by atoms with Crippen molar-refractivity contribution in [1.82, 2.24) is 0 Å². The fraction of sp³-hybridized carbons (Fsp3) is 0.911. The highest BCUT2D eigenvalue weighted by atomic mass is 16.7. The number of rotatable bonds is 28. The van der Waals surface area contributed by atoms with E-state index in [-0.39, 0.29) is 24.1 Å². The van der Waals surface area contributed by atoms with Crippen molar-refractivity contribution in [1.29, 1.82) is 0 Å². The third-order valence-electron chi connectivity index (χ3n) is 18.1. The molecule has 7 heteroatoms. The Balaban J connectivity index is 0.962. The Morgan fingerprint density at radius 2 is 1.40 bits per heavy atom. The molecule has 364 valence electrons. The topological polar surface area (TPSA) is 105 Å². The lowest BCUT2D eigenvalue weighted by Gasteiger charge is -2.58. The third-order valence-corrected chi connectivity index (χ3v) is 18.1. The first-order valence-electron chi connectivity index (χ1n) is 27.1. The van der Waals surface area contributed by atoms with Gasteiger partial charge in [0.25, 0.3) is 0 Å². The number of esters is 1. The third kappa shape index (κ3) is 14.6. The Morgan fingerprint density at radius 3 is 2.05 bits per heavy atom. The molecule has 0 bridgehead atoms. The smallest absolute Gasteiger partial charge is 0.305 e. The molecule has 3 N–H and O–H groups in total. The van der Waals surface area contributed by atoms with Crippen molar-refractivity contribution >= 4 is 5.97 Å². The van der Waals surface area contributed by atoms with Gasteiger partial charge in [0.05, 0.1) is 6.10 Å². The van der Waals surface area contributed by atoms with Crippen molar-refractivity contribution in [2.75, 3.05) is 6.61 Å². The van der Waals surface area contributed by atoms with E-state index in [1.165, 1.54) is 134 Å². The zero-order valence-corrected chi connectivity index (χ0v) is 41.7. The zero-order valence-electron chi connectivity index (χ0n) is 41.7. The summed E-state index contributed by atoms with van der Waals surface area (Å²) < 4.78 is 18.1. The van der Waals surface area contributed by atoms with E-state index in [1.54, 1.807) is 0 Å². The van der Waals surface area contributed by atoms with Crippen molar-refractivity contribution in [2.45, 2.75) is 265 Å². The van der Waals surface area contributed by atoms with Crippen LogP contribution in [0.25, 0.3) is 0 Å². The van der Waals surface area contributed by atoms with Crippen LogP contribution >= 0.6 is 0 Å². The molecular formula is C56H98O7. The highest BCUT2D eigenvalue weighted by molar-refractivity contribution is 5.69. The minimum Gasteiger partial charge on any atom is -0.463 e. The standard InChI is InChI=1S/C56H98O7/c1-8-9-10-11-12-13-14-15-16-17-18-19-20-21-22-23-24-25-26-27-50(57)61-39-49-51(58)52(59)53(60)54(63-49)62-44-34-36-55(6)43(38-44)30-31-45-47-33-32-46(56(47,7)37-35-48(45)55)42(5)29-28-41(4)40(2)3/h15-16,30,40-42,44-49,51-54,58-60H,8-14,17-29,31-39H2,1-7H3/b16-15-. The van der Waals surface area contributed by atoms with Crippen LogP contribution in [0.1, 0.15) is 228 Å². The van der Waals surface area contributed by atoms with E-state index >= 15 is 0 Å². The predicted octanol–water partition coefficient (Wildman–Crippen LogP) is 13.6. The number of carbonyl (C=O) groups is 1. The van der Waals surface area contributed by atoms with Crippen LogP contribution in [-0.2, 0) is 19.0 Å². The molecule has 0 aromatic heterocycles. The Hall–Kier alpha value is -1.25. The van der Waals surface area contributed by atoms with E-state index in [1.807, 2.05) is 0 Å². The van der Waals surface area contributed by atoms with E-state index in [0.717, 1.165) is 80.5 Å². The number of fused-ring (bicyclic) bond motifs is 5. The van der Waals surface area contributed by atoms with Crippen LogP contribution in [-0.4, -0.2) is 64.7 Å². The van der Waals surface area contributed by atoms with Gasteiger partial charge in [0.15, 0.2) is 6.29 Å². The van der Waals surface area contributed by atoms with Gasteiger partial charge < -0.3 is 29.5 Å². The molecule has 5 aliphatic rings. The van der Waals surface area contributed by atoms with Crippen molar-refractivity contribution < 1.29 is 34.3 Å². The normalized spacial score (nSPS) is 35.3. The molecule has 14 unspecified atom stereocenters. The van der Waals surface area contributed by atoms with Gasteiger partial charge in [-0.05, 0) is 136 Å². The van der Waals surface area contributed by atoms with Crippen molar-refractivity contribution in [2.24, 2.45) is 52.3 Å². The van der Waals surface area contributed by atoms with Crippen molar-refractivity contribution in [3.8, 4) is 0 Å². The number of hydrogen-bond donors (Lipinski definition) is 3. The van der Waals surface area contributed by atoms with Gasteiger partial charge >= 0.3 is 5.97 Å². The summed E-state index contributed by atoms with van der Waals surface area (Å²) in [6, 6.07) is 0. The highest BCUT2D eigenvalue weighted by Gasteiger charge is 2.59. The summed E-state index contributed by atoms with van der Waals surface area (Å²) in [4.78, 5) is 12.7. The van der Waals surface area contributed by atoms with Crippen LogP contribution in [0, 0.1) is 52.3 Å². The molecule has 0 aromatic rings. The maximum absolute atomic E-state index is 12.7. The quantitative estimate of drug-likeness (QED) is 0.0408. The molecule has 0 aromatic carbocycles. The molecule has 0 radical (unpaired) electrons. The minimum atomic E-state index is -1.44. The number of hydrogen-bond acceptors (Lipinski definition) is 7. The highest BCUT2D eigenvalue weighted by Crippen LogP contribution is 2.67. The lowest BCUT2D eigenvalue weighted by Crippen LogP contribution is -2.60. The molecule has 4 aliphatic carbocycles. The van der Waals surface area contributed by atoms with Crippen LogP contribution in [0.2, 0.25) is 0 Å². The lowest BCUT2D eigenvalue weighted by atomic mass is 9.47. The van der Waals surface area contributed by atoms with Gasteiger partial charge in [-0.25, -0.2) is 0 Å². The van der Waals surface area contributed by atoms with E-state index in [2.05, 4.69) is 66.7 Å². The number of aliphatic hydroxyl groups is 3.